The minimum atomic E-state index is -2.00. The molecule has 0 aliphatic heterocycles. The molecule has 0 spiro atoms. The van der Waals surface area contributed by atoms with Gasteiger partial charge in [0.15, 0.2) is 0 Å². The zero-order valence-corrected chi connectivity index (χ0v) is 17.4. The van der Waals surface area contributed by atoms with Crippen molar-refractivity contribution in [3.8, 4) is 0 Å². The smallest absolute Gasteiger partial charge is 0.277 e. The Balaban J connectivity index is 2.35. The van der Waals surface area contributed by atoms with Gasteiger partial charge in [-0.2, -0.15) is 0 Å². The minimum Gasteiger partial charge on any atom is -0.362 e. The topological polar surface area (TPSA) is 127 Å². The lowest BCUT2D eigenvalue weighted by Gasteiger charge is -2.28. The van der Waals surface area contributed by atoms with Gasteiger partial charge in [-0.05, 0) is 25.5 Å². The van der Waals surface area contributed by atoms with Gasteiger partial charge in [-0.15, -0.1) is 0 Å². The van der Waals surface area contributed by atoms with Crippen LogP contribution >= 0.6 is 34.8 Å². The third-order valence-corrected chi connectivity index (χ3v) is 4.53. The molecule has 0 unspecified atom stereocenters. The molecule has 0 bridgehead atoms. The van der Waals surface area contributed by atoms with Crippen LogP contribution in [0.15, 0.2) is 36.4 Å². The van der Waals surface area contributed by atoms with Gasteiger partial charge in [-0.3, -0.25) is 25.0 Å². The summed E-state index contributed by atoms with van der Waals surface area (Å²) in [7, 11) is 0. The molecule has 0 saturated heterocycles. The van der Waals surface area contributed by atoms with E-state index in [1.807, 2.05) is 26.0 Å². The zero-order valence-electron chi connectivity index (χ0n) is 15.1. The van der Waals surface area contributed by atoms with Crippen molar-refractivity contribution < 1.29 is 14.6 Å². The fourth-order valence-electron chi connectivity index (χ4n) is 2.48. The van der Waals surface area contributed by atoms with E-state index in [2.05, 4.69) is 10.6 Å². The van der Waals surface area contributed by atoms with Gasteiger partial charge in [0.1, 0.15) is 6.17 Å². The van der Waals surface area contributed by atoms with Gasteiger partial charge < -0.3 is 10.6 Å². The van der Waals surface area contributed by atoms with Gasteiger partial charge in [0.25, 0.3) is 17.3 Å². The van der Waals surface area contributed by atoms with Crippen LogP contribution in [0.3, 0.4) is 0 Å². The first kappa shape index (κ1) is 22.7. The summed E-state index contributed by atoms with van der Waals surface area (Å²) < 4.78 is -2.00. The summed E-state index contributed by atoms with van der Waals surface area (Å²) in [5, 5.41) is 27.3. The number of hydrogen-bond acceptors (Lipinski definition) is 6. The molecule has 0 aliphatic rings. The highest BCUT2D eigenvalue weighted by molar-refractivity contribution is 6.68. The SMILES string of the molecule is Cc1ccc(N[C@H](NC(=O)c2cc([N+](=O)[O-])cc([N+](=O)[O-])c2)C(Cl)(Cl)Cl)c(C)c1. The number of nitrogens with zero attached hydrogens (tertiary/aromatic N) is 2. The molecule has 2 rings (SSSR count). The fourth-order valence-corrected chi connectivity index (χ4v) is 2.81. The van der Waals surface area contributed by atoms with Crippen molar-refractivity contribution in [1.29, 1.82) is 0 Å². The van der Waals surface area contributed by atoms with E-state index in [4.69, 9.17) is 34.8 Å². The third kappa shape index (κ3) is 5.93. The quantitative estimate of drug-likeness (QED) is 0.279. The van der Waals surface area contributed by atoms with Crippen LogP contribution < -0.4 is 10.6 Å². The standard InChI is InChI=1S/C17H15Cl3N4O5/c1-9-3-4-14(10(2)5-9)21-16(17(18,19)20)22-15(25)11-6-12(23(26)27)8-13(7-11)24(28)29/h3-8,16,21H,1-2H3,(H,22,25)/t16-/m1/s1. The van der Waals surface area contributed by atoms with Crippen LogP contribution in [0, 0.1) is 34.1 Å². The van der Waals surface area contributed by atoms with Gasteiger partial charge >= 0.3 is 0 Å². The second-order valence-corrected chi connectivity index (χ2v) is 8.53. The molecule has 2 aromatic rings. The zero-order chi connectivity index (χ0) is 21.9. The molecule has 0 aliphatic carbocycles. The van der Waals surface area contributed by atoms with E-state index in [1.54, 1.807) is 6.07 Å². The number of aryl methyl sites for hydroxylation is 2. The number of hydrogen-bond donors (Lipinski definition) is 2. The molecular formula is C17H15Cl3N4O5. The van der Waals surface area contributed by atoms with Crippen molar-refractivity contribution in [3.05, 3.63) is 73.3 Å². The summed E-state index contributed by atoms with van der Waals surface area (Å²) in [4.78, 5) is 32.9. The number of nitrogens with one attached hydrogen (secondary N) is 2. The summed E-state index contributed by atoms with van der Waals surface area (Å²) in [6.45, 7) is 3.72. The van der Waals surface area contributed by atoms with Crippen LogP contribution in [0.25, 0.3) is 0 Å². The average molecular weight is 462 g/mol. The van der Waals surface area contributed by atoms with E-state index in [1.165, 1.54) is 0 Å². The first-order chi connectivity index (χ1) is 13.4. The molecular weight excluding hydrogens is 447 g/mol. The van der Waals surface area contributed by atoms with Gasteiger partial charge in [0.05, 0.1) is 21.5 Å². The van der Waals surface area contributed by atoms with Crippen molar-refractivity contribution >= 4 is 57.8 Å². The Morgan fingerprint density at radius 2 is 1.55 bits per heavy atom. The number of nitro groups is 2. The predicted octanol–water partition coefficient (Wildman–Crippen LogP) is 4.66. The minimum absolute atomic E-state index is 0.326. The molecule has 0 heterocycles. The lowest BCUT2D eigenvalue weighted by Crippen LogP contribution is -2.49. The van der Waals surface area contributed by atoms with Crippen molar-refractivity contribution in [2.45, 2.75) is 23.8 Å². The second kappa shape index (κ2) is 8.81. The Kier molecular flexibility index (Phi) is 6.89. The maximum Gasteiger partial charge on any atom is 0.277 e. The predicted molar refractivity (Wildman–Crippen MR) is 111 cm³/mol. The Bertz CT molecular complexity index is 946. The molecule has 2 N–H and O–H groups in total. The molecule has 1 atom stereocenters. The molecule has 29 heavy (non-hydrogen) atoms. The van der Waals surface area contributed by atoms with Crippen molar-refractivity contribution in [2.24, 2.45) is 0 Å². The first-order valence-electron chi connectivity index (χ1n) is 8.03. The third-order valence-electron chi connectivity index (χ3n) is 3.87. The summed E-state index contributed by atoms with van der Waals surface area (Å²) >= 11 is 17.9. The van der Waals surface area contributed by atoms with E-state index >= 15 is 0 Å². The molecule has 1 amide bonds. The Morgan fingerprint density at radius 1 is 1.00 bits per heavy atom. The number of amides is 1. The highest BCUT2D eigenvalue weighted by Crippen LogP contribution is 2.32. The number of carbonyl (C=O) groups excluding carboxylic acids is 1. The maximum absolute atomic E-state index is 12.6. The second-order valence-electron chi connectivity index (χ2n) is 6.16. The Morgan fingerprint density at radius 3 is 2.00 bits per heavy atom. The lowest BCUT2D eigenvalue weighted by atomic mass is 10.1. The normalized spacial score (nSPS) is 12.2. The summed E-state index contributed by atoms with van der Waals surface area (Å²) in [6, 6.07) is 7.97. The first-order valence-corrected chi connectivity index (χ1v) is 9.17. The van der Waals surface area contributed by atoms with Crippen molar-refractivity contribution in [2.75, 3.05) is 5.32 Å². The molecule has 0 fully saturated rings. The van der Waals surface area contributed by atoms with Gasteiger partial charge in [-0.25, -0.2) is 0 Å². The Hall–Kier alpha value is -2.62. The van der Waals surface area contributed by atoms with Crippen LogP contribution in [0.5, 0.6) is 0 Å². The molecule has 0 aromatic heterocycles. The molecule has 2 aromatic carbocycles. The number of carbonyl (C=O) groups is 1. The maximum atomic E-state index is 12.6. The monoisotopic (exact) mass is 460 g/mol. The van der Waals surface area contributed by atoms with E-state index in [0.717, 1.165) is 29.3 Å². The molecule has 0 saturated carbocycles. The van der Waals surface area contributed by atoms with E-state index < -0.39 is 37.1 Å². The Labute approximate surface area is 180 Å². The number of benzene rings is 2. The fraction of sp³-hybridized carbons (Fsp3) is 0.235. The number of non-ortho nitro benzene ring substituents is 2. The van der Waals surface area contributed by atoms with Gasteiger partial charge in [0.2, 0.25) is 3.79 Å². The van der Waals surface area contributed by atoms with Gasteiger partial charge in [0, 0.05) is 17.8 Å². The number of rotatable bonds is 6. The molecule has 9 nitrogen and oxygen atoms in total. The number of halogens is 3. The highest BCUT2D eigenvalue weighted by Gasteiger charge is 2.35. The lowest BCUT2D eigenvalue weighted by molar-refractivity contribution is -0.394. The van der Waals surface area contributed by atoms with Gasteiger partial charge in [-0.1, -0.05) is 52.5 Å². The molecule has 154 valence electrons. The van der Waals surface area contributed by atoms with Crippen LogP contribution in [-0.4, -0.2) is 25.7 Å². The van der Waals surface area contributed by atoms with Crippen LogP contribution in [0.4, 0.5) is 17.1 Å². The van der Waals surface area contributed by atoms with E-state index in [-0.39, 0.29) is 5.56 Å². The van der Waals surface area contributed by atoms with Crippen LogP contribution in [0.2, 0.25) is 0 Å². The van der Waals surface area contributed by atoms with Crippen molar-refractivity contribution in [3.63, 3.8) is 0 Å². The summed E-state index contributed by atoms with van der Waals surface area (Å²) in [6.07, 6.45) is -1.24. The summed E-state index contributed by atoms with van der Waals surface area (Å²) in [5.74, 6) is -0.898. The molecule has 12 heteroatoms. The van der Waals surface area contributed by atoms with Crippen LogP contribution in [0.1, 0.15) is 21.5 Å². The number of anilines is 1. The highest BCUT2D eigenvalue weighted by atomic mass is 35.6. The number of alkyl halides is 3. The van der Waals surface area contributed by atoms with Crippen molar-refractivity contribution in [1.82, 2.24) is 5.32 Å². The van der Waals surface area contributed by atoms with E-state index in [9.17, 15) is 25.0 Å². The molecule has 0 radical (unpaired) electrons. The number of nitro benzene ring substituents is 2. The van der Waals surface area contributed by atoms with E-state index in [0.29, 0.717) is 5.69 Å². The largest absolute Gasteiger partial charge is 0.362 e. The van der Waals surface area contributed by atoms with Crippen LogP contribution in [-0.2, 0) is 0 Å². The average Bonchev–Trinajstić information content (AvgIpc) is 2.61. The summed E-state index contributed by atoms with van der Waals surface area (Å²) in [5.41, 5.74) is 0.856.